The van der Waals surface area contributed by atoms with E-state index in [4.69, 9.17) is 0 Å². The third-order valence-corrected chi connectivity index (χ3v) is 13.9. The fourth-order valence-electron chi connectivity index (χ4n) is 3.51. The van der Waals surface area contributed by atoms with Gasteiger partial charge in [0.15, 0.2) is 0 Å². The van der Waals surface area contributed by atoms with Crippen LogP contribution in [-0.2, 0) is 9.59 Å². The van der Waals surface area contributed by atoms with E-state index in [1.807, 2.05) is 54.6 Å². The van der Waals surface area contributed by atoms with Gasteiger partial charge in [-0.1, -0.05) is 0 Å². The molecule has 0 saturated carbocycles. The second-order valence-electron chi connectivity index (χ2n) is 6.14. The van der Waals surface area contributed by atoms with E-state index in [9.17, 15) is 9.59 Å². The Kier molecular flexibility index (Phi) is 5.44. The summed E-state index contributed by atoms with van der Waals surface area (Å²) < 4.78 is 3.67. The first-order chi connectivity index (χ1) is 12.6. The second kappa shape index (κ2) is 7.76. The Morgan fingerprint density at radius 1 is 0.538 bits per heavy atom. The normalized spacial score (nSPS) is 11.0. The Morgan fingerprint density at radius 3 is 1.04 bits per heavy atom. The zero-order valence-electron chi connectivity index (χ0n) is 14.9. The molecular weight excluding hydrogens is 383 g/mol. The Hall–Kier alpha value is -2.57. The Morgan fingerprint density at radius 2 is 0.808 bits per heavy atom. The molecule has 0 N–H and O–H groups in total. The van der Waals surface area contributed by atoms with Crippen LogP contribution >= 0.6 is 0 Å². The summed E-state index contributed by atoms with van der Waals surface area (Å²) in [7, 11) is 0. The van der Waals surface area contributed by atoms with Gasteiger partial charge in [0.25, 0.3) is 0 Å². The molecule has 0 aliphatic heterocycles. The van der Waals surface area contributed by atoms with Gasteiger partial charge in [-0.15, -0.1) is 0 Å². The molecule has 0 aliphatic carbocycles. The molecule has 0 aliphatic rings. The first kappa shape index (κ1) is 18.2. The molecule has 0 heterocycles. The van der Waals surface area contributed by atoms with Crippen LogP contribution < -0.4 is 13.1 Å². The standard InChI is InChI=1S/C23H21AsO2/c1-18(25)23(19(2)26)24(20-12-6-3-7-13-20,21-14-8-4-9-15-21)22-16-10-5-11-17-22/h3-17H,1-2H3. The minimum atomic E-state index is -3.44. The van der Waals surface area contributed by atoms with Crippen LogP contribution in [0.1, 0.15) is 13.8 Å². The molecule has 3 aromatic carbocycles. The molecule has 3 aromatic rings. The third-order valence-electron chi connectivity index (χ3n) is 4.43. The molecular formula is C23H21AsO2. The zero-order valence-corrected chi connectivity index (χ0v) is 16.8. The van der Waals surface area contributed by atoms with Gasteiger partial charge in [-0.25, -0.2) is 0 Å². The van der Waals surface area contributed by atoms with E-state index in [1.54, 1.807) is 0 Å². The maximum atomic E-state index is 12.7. The Bertz CT molecular complexity index is 855. The summed E-state index contributed by atoms with van der Waals surface area (Å²) in [5.41, 5.74) is 0. The van der Waals surface area contributed by atoms with Crippen molar-refractivity contribution in [2.24, 2.45) is 0 Å². The summed E-state index contributed by atoms with van der Waals surface area (Å²) in [6.07, 6.45) is 0. The maximum absolute atomic E-state index is 12.7. The van der Waals surface area contributed by atoms with Crippen molar-refractivity contribution >= 4 is 42.0 Å². The predicted molar refractivity (Wildman–Crippen MR) is 110 cm³/mol. The van der Waals surface area contributed by atoms with Crippen LogP contribution in [0.15, 0.2) is 91.0 Å². The van der Waals surface area contributed by atoms with Crippen LogP contribution in [0, 0.1) is 0 Å². The van der Waals surface area contributed by atoms with Crippen molar-refractivity contribution in [2.75, 3.05) is 0 Å². The molecule has 0 amide bonds. The van der Waals surface area contributed by atoms with Crippen LogP contribution in [-0.4, -0.2) is 29.0 Å². The molecule has 0 fully saturated rings. The van der Waals surface area contributed by atoms with E-state index in [2.05, 4.69) is 36.4 Å². The molecule has 0 unspecified atom stereocenters. The van der Waals surface area contributed by atoms with Crippen molar-refractivity contribution in [3.05, 3.63) is 91.0 Å². The second-order valence-corrected chi connectivity index (χ2v) is 13.1. The van der Waals surface area contributed by atoms with Gasteiger partial charge < -0.3 is 0 Å². The van der Waals surface area contributed by atoms with Crippen LogP contribution in [0.4, 0.5) is 0 Å². The molecule has 3 rings (SSSR count). The Balaban J connectivity index is 2.64. The number of hydrogen-bond acceptors (Lipinski definition) is 2. The zero-order chi connectivity index (χ0) is 18.6. The summed E-state index contributed by atoms with van der Waals surface area (Å²) in [5.74, 6) is -0.275. The first-order valence-corrected chi connectivity index (χ1v) is 12.3. The van der Waals surface area contributed by atoms with Crippen LogP contribution in [0.2, 0.25) is 0 Å². The quantitative estimate of drug-likeness (QED) is 0.482. The van der Waals surface area contributed by atoms with Crippen molar-refractivity contribution in [2.45, 2.75) is 13.8 Å². The fraction of sp³-hybridized carbons (Fsp3) is 0.0870. The van der Waals surface area contributed by atoms with Gasteiger partial charge in [-0.2, -0.15) is 0 Å². The average Bonchev–Trinajstić information content (AvgIpc) is 2.67. The molecule has 0 radical (unpaired) electrons. The average molecular weight is 404 g/mol. The van der Waals surface area contributed by atoms with E-state index in [-0.39, 0.29) is 11.6 Å². The first-order valence-electron chi connectivity index (χ1n) is 8.53. The van der Waals surface area contributed by atoms with E-state index >= 15 is 0 Å². The third kappa shape index (κ3) is 3.13. The van der Waals surface area contributed by atoms with Gasteiger partial charge in [0.1, 0.15) is 0 Å². The van der Waals surface area contributed by atoms with E-state index in [0.717, 1.165) is 13.1 Å². The van der Waals surface area contributed by atoms with Crippen LogP contribution in [0.5, 0.6) is 0 Å². The number of hydrogen-bond donors (Lipinski definition) is 0. The minimum absolute atomic E-state index is 0.137. The SMILES string of the molecule is CC(=O)C(C(C)=O)=[As](c1ccccc1)(c1ccccc1)c1ccccc1. The number of benzene rings is 3. The molecule has 0 spiro atoms. The summed E-state index contributed by atoms with van der Waals surface area (Å²) >= 11 is -3.44. The van der Waals surface area contributed by atoms with Crippen LogP contribution in [0.25, 0.3) is 0 Å². The van der Waals surface area contributed by atoms with E-state index < -0.39 is 13.1 Å². The number of ketones is 2. The van der Waals surface area contributed by atoms with Gasteiger partial charge in [0.2, 0.25) is 0 Å². The number of rotatable bonds is 5. The van der Waals surface area contributed by atoms with Crippen molar-refractivity contribution in [3.63, 3.8) is 0 Å². The van der Waals surface area contributed by atoms with Gasteiger partial charge in [-0.05, 0) is 0 Å². The van der Waals surface area contributed by atoms with Crippen molar-refractivity contribution in [3.8, 4) is 0 Å². The predicted octanol–water partition coefficient (Wildman–Crippen LogP) is 2.09. The molecule has 0 atom stereocenters. The topological polar surface area (TPSA) is 34.1 Å². The molecule has 2 nitrogen and oxygen atoms in total. The van der Waals surface area contributed by atoms with E-state index in [1.165, 1.54) is 13.8 Å². The summed E-state index contributed by atoms with van der Waals surface area (Å²) in [5, 5.41) is 0. The number of carbonyl (C=O) groups is 2. The molecule has 0 bridgehead atoms. The summed E-state index contributed by atoms with van der Waals surface area (Å²) in [6, 6.07) is 30.1. The van der Waals surface area contributed by atoms with Gasteiger partial charge in [0, 0.05) is 0 Å². The van der Waals surface area contributed by atoms with E-state index in [0.29, 0.717) is 4.30 Å². The molecule has 26 heavy (non-hydrogen) atoms. The molecule has 3 heteroatoms. The van der Waals surface area contributed by atoms with Crippen molar-refractivity contribution in [1.82, 2.24) is 0 Å². The Labute approximate surface area is 156 Å². The van der Waals surface area contributed by atoms with Crippen molar-refractivity contribution in [1.29, 1.82) is 0 Å². The van der Waals surface area contributed by atoms with Crippen molar-refractivity contribution < 1.29 is 9.59 Å². The molecule has 0 saturated heterocycles. The fourth-order valence-corrected chi connectivity index (χ4v) is 12.9. The number of Topliss-reactive ketones (excluding diaryl/α,β-unsaturated/α-hetero) is 2. The summed E-state index contributed by atoms with van der Waals surface area (Å²) in [4.78, 5) is 25.5. The van der Waals surface area contributed by atoms with Gasteiger partial charge in [-0.3, -0.25) is 0 Å². The van der Waals surface area contributed by atoms with Crippen LogP contribution in [0.3, 0.4) is 0 Å². The molecule has 130 valence electrons. The number of carbonyl (C=O) groups excluding carboxylic acids is 2. The monoisotopic (exact) mass is 404 g/mol. The molecule has 0 aromatic heterocycles. The van der Waals surface area contributed by atoms with Gasteiger partial charge >= 0.3 is 156 Å². The summed E-state index contributed by atoms with van der Waals surface area (Å²) in [6.45, 7) is 3.03. The van der Waals surface area contributed by atoms with Gasteiger partial charge in [0.05, 0.1) is 0 Å².